The molecular formula is C15H8BrF4N5O2. The largest absolute Gasteiger partial charge is 0.435 e. The van der Waals surface area contributed by atoms with Crippen molar-refractivity contribution >= 4 is 38.4 Å². The topological polar surface area (TPSA) is 89.8 Å². The molecule has 1 aromatic carbocycles. The number of alkyl halides is 3. The maximum Gasteiger partial charge on any atom is 0.435 e. The van der Waals surface area contributed by atoms with Crippen LogP contribution in [-0.4, -0.2) is 25.7 Å². The van der Waals surface area contributed by atoms with Crippen LogP contribution < -0.4 is 10.9 Å². The number of benzene rings is 1. The minimum absolute atomic E-state index is 0.262. The van der Waals surface area contributed by atoms with E-state index in [1.807, 2.05) is 5.32 Å². The summed E-state index contributed by atoms with van der Waals surface area (Å²) in [5.74, 6) is -2.39. The summed E-state index contributed by atoms with van der Waals surface area (Å²) in [6.07, 6.45) is -3.09. The fraction of sp³-hybridized carbons (Fsp3) is 0.133. The van der Waals surface area contributed by atoms with Crippen LogP contribution >= 0.6 is 15.9 Å². The highest BCUT2D eigenvalue weighted by atomic mass is 79.9. The highest BCUT2D eigenvalue weighted by Crippen LogP contribution is 2.33. The summed E-state index contributed by atoms with van der Waals surface area (Å²) in [6.45, 7) is -0.864. The van der Waals surface area contributed by atoms with Gasteiger partial charge >= 0.3 is 6.18 Å². The maximum absolute atomic E-state index is 13.5. The summed E-state index contributed by atoms with van der Waals surface area (Å²) in [4.78, 5) is 31.3. The summed E-state index contributed by atoms with van der Waals surface area (Å²) in [6, 6.07) is 3.70. The lowest BCUT2D eigenvalue weighted by Gasteiger charge is -2.13. The van der Waals surface area contributed by atoms with E-state index in [0.29, 0.717) is 9.15 Å². The standard InChI is InChI=1S/C15H8BrF4N5O2/c16-7-1-2-8-9(3-7)12(15(18,19)20)24-25(14(8)27)5-11(26)23-13-10(17)4-21-6-22-13/h1-4,6H,5H2,(H,21,22,23,26). The molecule has 0 radical (unpaired) electrons. The number of hydrogen-bond donors (Lipinski definition) is 1. The monoisotopic (exact) mass is 445 g/mol. The molecule has 0 aliphatic heterocycles. The second-order valence-electron chi connectivity index (χ2n) is 5.27. The van der Waals surface area contributed by atoms with E-state index >= 15 is 0 Å². The normalized spacial score (nSPS) is 11.6. The first-order valence-electron chi connectivity index (χ1n) is 7.20. The second-order valence-corrected chi connectivity index (χ2v) is 6.18. The van der Waals surface area contributed by atoms with Crippen LogP contribution in [-0.2, 0) is 17.5 Å². The summed E-state index contributed by atoms with van der Waals surface area (Å²) in [5, 5.41) is 4.67. The van der Waals surface area contributed by atoms with Crippen LogP contribution in [0.25, 0.3) is 10.8 Å². The van der Waals surface area contributed by atoms with E-state index in [4.69, 9.17) is 0 Å². The lowest BCUT2D eigenvalue weighted by atomic mass is 10.1. The SMILES string of the molecule is O=C(Cn1nc(C(F)(F)F)c2cc(Br)ccc2c1=O)Nc1ncncc1F. The van der Waals surface area contributed by atoms with Crippen molar-refractivity contribution in [3.63, 3.8) is 0 Å². The van der Waals surface area contributed by atoms with Crippen molar-refractivity contribution in [2.24, 2.45) is 0 Å². The highest BCUT2D eigenvalue weighted by molar-refractivity contribution is 9.10. The number of fused-ring (bicyclic) bond motifs is 1. The zero-order valence-corrected chi connectivity index (χ0v) is 14.7. The number of nitrogens with zero attached hydrogens (tertiary/aromatic N) is 4. The number of carbonyl (C=O) groups excluding carboxylic acids is 1. The quantitative estimate of drug-likeness (QED) is 0.626. The molecule has 7 nitrogen and oxygen atoms in total. The second kappa shape index (κ2) is 7.02. The number of halogens is 5. The van der Waals surface area contributed by atoms with Gasteiger partial charge in [-0.05, 0) is 18.2 Å². The van der Waals surface area contributed by atoms with Gasteiger partial charge in [0.25, 0.3) is 5.56 Å². The van der Waals surface area contributed by atoms with Gasteiger partial charge in [0.15, 0.2) is 17.3 Å². The molecule has 0 saturated heterocycles. The molecule has 2 aromatic heterocycles. The van der Waals surface area contributed by atoms with Gasteiger partial charge in [-0.3, -0.25) is 9.59 Å². The average molecular weight is 446 g/mol. The molecule has 0 aliphatic carbocycles. The van der Waals surface area contributed by atoms with Gasteiger partial charge < -0.3 is 5.32 Å². The van der Waals surface area contributed by atoms with Gasteiger partial charge in [0.05, 0.1) is 11.6 Å². The Labute approximate surface area is 156 Å². The maximum atomic E-state index is 13.5. The highest BCUT2D eigenvalue weighted by Gasteiger charge is 2.36. The molecule has 1 amide bonds. The van der Waals surface area contributed by atoms with Gasteiger partial charge in [-0.15, -0.1) is 0 Å². The van der Waals surface area contributed by atoms with Gasteiger partial charge in [0.1, 0.15) is 12.9 Å². The fourth-order valence-electron chi connectivity index (χ4n) is 2.29. The van der Waals surface area contributed by atoms with Crippen molar-refractivity contribution < 1.29 is 22.4 Å². The van der Waals surface area contributed by atoms with Crippen molar-refractivity contribution in [1.82, 2.24) is 19.7 Å². The zero-order valence-electron chi connectivity index (χ0n) is 13.1. The lowest BCUT2D eigenvalue weighted by Crippen LogP contribution is -2.32. The Bertz CT molecular complexity index is 1100. The molecule has 1 N–H and O–H groups in total. The minimum Gasteiger partial charge on any atom is -0.307 e. The predicted octanol–water partition coefficient (Wildman–Crippen LogP) is 2.75. The molecule has 27 heavy (non-hydrogen) atoms. The number of amides is 1. The molecular weight excluding hydrogens is 438 g/mol. The van der Waals surface area contributed by atoms with Gasteiger partial charge in [-0.1, -0.05) is 15.9 Å². The smallest absolute Gasteiger partial charge is 0.307 e. The van der Waals surface area contributed by atoms with Crippen LogP contribution in [0.1, 0.15) is 5.69 Å². The van der Waals surface area contributed by atoms with Crippen molar-refractivity contribution in [2.75, 3.05) is 5.32 Å². The molecule has 2 heterocycles. The van der Waals surface area contributed by atoms with Crippen LogP contribution in [0.5, 0.6) is 0 Å². The summed E-state index contributed by atoms with van der Waals surface area (Å²) >= 11 is 3.04. The Morgan fingerprint density at radius 2 is 2.00 bits per heavy atom. The predicted molar refractivity (Wildman–Crippen MR) is 89.3 cm³/mol. The number of carbonyl (C=O) groups is 1. The number of rotatable bonds is 3. The van der Waals surface area contributed by atoms with Crippen LogP contribution in [0.15, 0.2) is 40.0 Å². The van der Waals surface area contributed by atoms with Gasteiger partial charge in [-0.25, -0.2) is 19.0 Å². The van der Waals surface area contributed by atoms with E-state index in [9.17, 15) is 27.2 Å². The van der Waals surface area contributed by atoms with E-state index in [2.05, 4.69) is 31.0 Å². The molecule has 3 rings (SSSR count). The fourth-order valence-corrected chi connectivity index (χ4v) is 2.65. The third-order valence-corrected chi connectivity index (χ3v) is 3.90. The number of nitrogens with one attached hydrogen (secondary N) is 1. The number of anilines is 1. The molecule has 0 spiro atoms. The first kappa shape index (κ1) is 18.9. The molecule has 0 atom stereocenters. The van der Waals surface area contributed by atoms with Gasteiger partial charge in [0.2, 0.25) is 5.91 Å². The van der Waals surface area contributed by atoms with E-state index in [1.165, 1.54) is 12.1 Å². The first-order chi connectivity index (χ1) is 12.7. The zero-order chi connectivity index (χ0) is 19.8. The minimum atomic E-state index is -4.86. The Balaban J connectivity index is 2.03. The summed E-state index contributed by atoms with van der Waals surface area (Å²) in [7, 11) is 0. The first-order valence-corrected chi connectivity index (χ1v) is 7.99. The van der Waals surface area contributed by atoms with Crippen molar-refractivity contribution in [3.8, 4) is 0 Å². The van der Waals surface area contributed by atoms with E-state index in [0.717, 1.165) is 18.6 Å². The van der Waals surface area contributed by atoms with Crippen LogP contribution in [0.2, 0.25) is 0 Å². The van der Waals surface area contributed by atoms with Gasteiger partial charge in [0, 0.05) is 9.86 Å². The van der Waals surface area contributed by atoms with Crippen LogP contribution in [0.4, 0.5) is 23.4 Å². The van der Waals surface area contributed by atoms with Crippen LogP contribution in [0, 0.1) is 5.82 Å². The van der Waals surface area contributed by atoms with Crippen LogP contribution in [0.3, 0.4) is 0 Å². The van der Waals surface area contributed by atoms with Crippen molar-refractivity contribution in [3.05, 3.63) is 57.1 Å². The number of hydrogen-bond acceptors (Lipinski definition) is 5. The Morgan fingerprint density at radius 3 is 2.67 bits per heavy atom. The Morgan fingerprint density at radius 1 is 1.26 bits per heavy atom. The Kier molecular flexibility index (Phi) is 4.91. The molecule has 0 unspecified atom stereocenters. The number of aromatic nitrogens is 4. The molecule has 12 heteroatoms. The lowest BCUT2D eigenvalue weighted by molar-refractivity contribution is -0.141. The van der Waals surface area contributed by atoms with E-state index in [-0.39, 0.29) is 5.39 Å². The third kappa shape index (κ3) is 3.94. The molecule has 3 aromatic rings. The molecule has 0 fully saturated rings. The summed E-state index contributed by atoms with van der Waals surface area (Å²) < 4.78 is 54.2. The molecule has 0 bridgehead atoms. The average Bonchev–Trinajstić information content (AvgIpc) is 2.58. The third-order valence-electron chi connectivity index (χ3n) is 3.41. The van der Waals surface area contributed by atoms with Crippen molar-refractivity contribution in [2.45, 2.75) is 12.7 Å². The molecule has 0 saturated carbocycles. The summed E-state index contributed by atoms with van der Waals surface area (Å²) in [5.41, 5.74) is -2.22. The van der Waals surface area contributed by atoms with Gasteiger partial charge in [-0.2, -0.15) is 18.3 Å². The Hall–Kier alpha value is -2.89. The van der Waals surface area contributed by atoms with E-state index < -0.39 is 46.9 Å². The van der Waals surface area contributed by atoms with Crippen molar-refractivity contribution in [1.29, 1.82) is 0 Å². The van der Waals surface area contributed by atoms with E-state index in [1.54, 1.807) is 0 Å². The molecule has 0 aliphatic rings. The molecule has 140 valence electrons.